The van der Waals surface area contributed by atoms with Gasteiger partial charge in [0.15, 0.2) is 5.11 Å². The Morgan fingerprint density at radius 1 is 1.50 bits per heavy atom. The summed E-state index contributed by atoms with van der Waals surface area (Å²) >= 11 is 5.14. The summed E-state index contributed by atoms with van der Waals surface area (Å²) < 4.78 is 4.75. The average Bonchev–Trinajstić information content (AvgIpc) is 2.98. The highest BCUT2D eigenvalue weighted by molar-refractivity contribution is 7.80. The van der Waals surface area contributed by atoms with E-state index in [0.717, 1.165) is 19.3 Å². The molecule has 0 aromatic heterocycles. The van der Waals surface area contributed by atoms with E-state index >= 15 is 0 Å². The van der Waals surface area contributed by atoms with Gasteiger partial charge in [-0.2, -0.15) is 0 Å². The van der Waals surface area contributed by atoms with Gasteiger partial charge in [0.1, 0.15) is 6.04 Å². The molecule has 4 nitrogen and oxygen atoms in total. The van der Waals surface area contributed by atoms with Crippen LogP contribution in [-0.2, 0) is 9.53 Å². The molecule has 16 heavy (non-hydrogen) atoms. The van der Waals surface area contributed by atoms with Gasteiger partial charge in [-0.05, 0) is 37.4 Å². The first kappa shape index (κ1) is 13.2. The molecular weight excluding hydrogens is 224 g/mol. The average molecular weight is 244 g/mol. The van der Waals surface area contributed by atoms with Gasteiger partial charge < -0.3 is 15.4 Å². The predicted molar refractivity (Wildman–Crippen MR) is 67.2 cm³/mol. The topological polar surface area (TPSA) is 50.4 Å². The number of rotatable bonds is 5. The smallest absolute Gasteiger partial charge is 0.328 e. The molecule has 1 saturated carbocycles. The van der Waals surface area contributed by atoms with Crippen molar-refractivity contribution in [1.82, 2.24) is 10.6 Å². The SMILES string of the molecule is COC(=O)C(CC(C)C)NC(=S)NC1CC1. The summed E-state index contributed by atoms with van der Waals surface area (Å²) in [6.45, 7) is 4.13. The lowest BCUT2D eigenvalue weighted by atomic mass is 10.0. The van der Waals surface area contributed by atoms with Crippen LogP contribution in [0.3, 0.4) is 0 Å². The zero-order valence-electron chi connectivity index (χ0n) is 10.1. The molecule has 92 valence electrons. The highest BCUT2D eigenvalue weighted by Gasteiger charge is 2.25. The van der Waals surface area contributed by atoms with Crippen molar-refractivity contribution in [3.63, 3.8) is 0 Å². The normalized spacial score (nSPS) is 16.8. The van der Waals surface area contributed by atoms with Crippen LogP contribution in [0.2, 0.25) is 0 Å². The van der Waals surface area contributed by atoms with Gasteiger partial charge in [0.05, 0.1) is 7.11 Å². The molecule has 0 spiro atoms. The summed E-state index contributed by atoms with van der Waals surface area (Å²) in [4.78, 5) is 11.5. The molecule has 0 heterocycles. The fourth-order valence-electron chi connectivity index (χ4n) is 1.44. The number of nitrogens with one attached hydrogen (secondary N) is 2. The predicted octanol–water partition coefficient (Wildman–Crippen LogP) is 1.20. The Hall–Kier alpha value is -0.840. The zero-order valence-corrected chi connectivity index (χ0v) is 10.9. The molecule has 0 aromatic rings. The molecule has 1 aliphatic carbocycles. The van der Waals surface area contributed by atoms with E-state index in [1.54, 1.807) is 0 Å². The minimum absolute atomic E-state index is 0.256. The Kier molecular flexibility index (Phi) is 4.99. The monoisotopic (exact) mass is 244 g/mol. The molecule has 0 radical (unpaired) electrons. The van der Waals surface area contributed by atoms with E-state index in [1.165, 1.54) is 7.11 Å². The van der Waals surface area contributed by atoms with Crippen molar-refractivity contribution in [3.05, 3.63) is 0 Å². The molecule has 1 rings (SSSR count). The second kappa shape index (κ2) is 6.03. The lowest BCUT2D eigenvalue weighted by Gasteiger charge is -2.20. The summed E-state index contributed by atoms with van der Waals surface area (Å²) in [6.07, 6.45) is 3.04. The maximum atomic E-state index is 11.5. The van der Waals surface area contributed by atoms with E-state index in [2.05, 4.69) is 24.5 Å². The first-order chi connectivity index (χ1) is 7.52. The molecule has 1 atom stereocenters. The Labute approximate surface area is 102 Å². The Balaban J connectivity index is 2.40. The Bertz CT molecular complexity index is 265. The lowest BCUT2D eigenvalue weighted by Crippen LogP contribution is -2.47. The van der Waals surface area contributed by atoms with Crippen LogP contribution < -0.4 is 10.6 Å². The number of hydrogen-bond donors (Lipinski definition) is 2. The summed E-state index contributed by atoms with van der Waals surface area (Å²) in [7, 11) is 1.40. The van der Waals surface area contributed by atoms with Crippen LogP contribution in [-0.4, -0.2) is 30.3 Å². The molecule has 0 aromatic carbocycles. The van der Waals surface area contributed by atoms with Crippen LogP contribution in [0.25, 0.3) is 0 Å². The minimum atomic E-state index is -0.344. The molecule has 1 aliphatic rings. The number of carbonyl (C=O) groups is 1. The van der Waals surface area contributed by atoms with E-state index in [4.69, 9.17) is 17.0 Å². The van der Waals surface area contributed by atoms with Crippen molar-refractivity contribution in [2.24, 2.45) is 5.92 Å². The number of esters is 1. The van der Waals surface area contributed by atoms with E-state index in [-0.39, 0.29) is 12.0 Å². The van der Waals surface area contributed by atoms with E-state index < -0.39 is 0 Å². The first-order valence-corrected chi connectivity index (χ1v) is 6.08. The number of thiocarbonyl (C=S) groups is 1. The highest BCUT2D eigenvalue weighted by atomic mass is 32.1. The fraction of sp³-hybridized carbons (Fsp3) is 0.818. The van der Waals surface area contributed by atoms with Crippen LogP contribution in [0.4, 0.5) is 0 Å². The lowest BCUT2D eigenvalue weighted by molar-refractivity contribution is -0.143. The summed E-state index contributed by atoms with van der Waals surface area (Å²) in [6, 6.07) is 0.154. The molecule has 0 saturated heterocycles. The number of ether oxygens (including phenoxy) is 1. The third-order valence-electron chi connectivity index (χ3n) is 2.41. The molecule has 1 unspecified atom stereocenters. The molecule has 1 fully saturated rings. The van der Waals surface area contributed by atoms with Crippen molar-refractivity contribution in [3.8, 4) is 0 Å². The summed E-state index contributed by atoms with van der Waals surface area (Å²) in [5, 5.41) is 6.72. The Morgan fingerprint density at radius 2 is 2.12 bits per heavy atom. The van der Waals surface area contributed by atoms with E-state index in [0.29, 0.717) is 17.1 Å². The number of hydrogen-bond acceptors (Lipinski definition) is 3. The van der Waals surface area contributed by atoms with Crippen LogP contribution in [0.1, 0.15) is 33.1 Å². The highest BCUT2D eigenvalue weighted by Crippen LogP contribution is 2.18. The van der Waals surface area contributed by atoms with Crippen molar-refractivity contribution in [2.75, 3.05) is 7.11 Å². The van der Waals surface area contributed by atoms with Crippen molar-refractivity contribution in [2.45, 2.75) is 45.2 Å². The fourth-order valence-corrected chi connectivity index (χ4v) is 1.75. The molecule has 5 heteroatoms. The molecule has 0 bridgehead atoms. The third-order valence-corrected chi connectivity index (χ3v) is 2.65. The van der Waals surface area contributed by atoms with Crippen LogP contribution in [0.5, 0.6) is 0 Å². The van der Waals surface area contributed by atoms with Gasteiger partial charge >= 0.3 is 5.97 Å². The first-order valence-electron chi connectivity index (χ1n) is 5.67. The standard InChI is InChI=1S/C11H20N2O2S/c1-7(2)6-9(10(14)15-3)13-11(16)12-8-4-5-8/h7-9H,4-6H2,1-3H3,(H2,12,13,16). The summed E-state index contributed by atoms with van der Waals surface area (Å²) in [5.41, 5.74) is 0. The molecule has 0 aliphatic heterocycles. The van der Waals surface area contributed by atoms with Gasteiger partial charge in [0.2, 0.25) is 0 Å². The molecule has 2 N–H and O–H groups in total. The van der Waals surface area contributed by atoms with Gasteiger partial charge in [-0.25, -0.2) is 4.79 Å². The van der Waals surface area contributed by atoms with Crippen molar-refractivity contribution >= 4 is 23.3 Å². The second-order valence-corrected chi connectivity index (χ2v) is 5.01. The quantitative estimate of drug-likeness (QED) is 0.562. The maximum absolute atomic E-state index is 11.5. The van der Waals surface area contributed by atoms with E-state index in [1.807, 2.05) is 0 Å². The second-order valence-electron chi connectivity index (χ2n) is 4.60. The van der Waals surface area contributed by atoms with Gasteiger partial charge in [0, 0.05) is 6.04 Å². The van der Waals surface area contributed by atoms with Gasteiger partial charge in [0.25, 0.3) is 0 Å². The van der Waals surface area contributed by atoms with Crippen molar-refractivity contribution in [1.29, 1.82) is 0 Å². The minimum Gasteiger partial charge on any atom is -0.467 e. The third kappa shape index (κ3) is 4.79. The van der Waals surface area contributed by atoms with Crippen molar-refractivity contribution < 1.29 is 9.53 Å². The summed E-state index contributed by atoms with van der Waals surface area (Å²) in [5.74, 6) is 0.161. The largest absolute Gasteiger partial charge is 0.467 e. The molecule has 0 amide bonds. The number of carbonyl (C=O) groups excluding carboxylic acids is 1. The van der Waals surface area contributed by atoms with Crippen LogP contribution >= 0.6 is 12.2 Å². The van der Waals surface area contributed by atoms with Gasteiger partial charge in [-0.15, -0.1) is 0 Å². The van der Waals surface area contributed by atoms with Gasteiger partial charge in [-0.3, -0.25) is 0 Å². The van der Waals surface area contributed by atoms with Crippen LogP contribution in [0.15, 0.2) is 0 Å². The van der Waals surface area contributed by atoms with E-state index in [9.17, 15) is 4.79 Å². The maximum Gasteiger partial charge on any atom is 0.328 e. The zero-order chi connectivity index (χ0) is 12.1. The number of methoxy groups -OCH3 is 1. The molecular formula is C11H20N2O2S. The Morgan fingerprint density at radius 3 is 2.56 bits per heavy atom. The van der Waals surface area contributed by atoms with Crippen LogP contribution in [0, 0.1) is 5.92 Å². The van der Waals surface area contributed by atoms with Gasteiger partial charge in [-0.1, -0.05) is 13.8 Å².